The lowest BCUT2D eigenvalue weighted by molar-refractivity contribution is -0.137. The smallest absolute Gasteiger partial charge is 0.416 e. The number of hydrogen-bond acceptors (Lipinski definition) is 5. The van der Waals surface area contributed by atoms with Gasteiger partial charge in [0.25, 0.3) is 5.91 Å². The number of hydrogen-bond donors (Lipinski definition) is 2. The van der Waals surface area contributed by atoms with E-state index in [0.717, 1.165) is 30.5 Å². The van der Waals surface area contributed by atoms with Gasteiger partial charge in [0.2, 0.25) is 0 Å². The van der Waals surface area contributed by atoms with E-state index in [1.807, 2.05) is 6.92 Å². The number of nitrogens with zero attached hydrogens (tertiary/aromatic N) is 1. The molecule has 0 saturated heterocycles. The number of nitrogens with two attached hydrogens (primary N) is 1. The molecule has 0 spiro atoms. The number of aromatic nitrogens is 1. The number of anilines is 1. The molecule has 6 nitrogen and oxygen atoms in total. The molecule has 3 N–H and O–H groups in total. The largest absolute Gasteiger partial charge is 0.416 e. The number of amides is 1. The second-order valence-electron chi connectivity index (χ2n) is 7.26. The third kappa shape index (κ3) is 5.60. The lowest BCUT2D eigenvalue weighted by Crippen LogP contribution is -2.27. The summed E-state index contributed by atoms with van der Waals surface area (Å²) in [7, 11) is 0. The first-order valence-corrected chi connectivity index (χ1v) is 9.88. The molecule has 1 atom stereocenters. The van der Waals surface area contributed by atoms with E-state index in [2.05, 4.69) is 10.3 Å². The number of rotatable bonds is 7. The van der Waals surface area contributed by atoms with Crippen molar-refractivity contribution in [2.24, 2.45) is 0 Å². The van der Waals surface area contributed by atoms with Gasteiger partial charge >= 0.3 is 12.3 Å². The molecule has 0 unspecified atom stereocenters. The average molecular weight is 469 g/mol. The Hall–Kier alpha value is -3.63. The van der Waals surface area contributed by atoms with E-state index in [9.17, 15) is 26.7 Å². The van der Waals surface area contributed by atoms with Gasteiger partial charge < -0.3 is 20.2 Å². The Morgan fingerprint density at radius 3 is 2.48 bits per heavy atom. The van der Waals surface area contributed by atoms with Gasteiger partial charge in [-0.15, -0.1) is 0 Å². The number of ether oxygens (including phenoxy) is 1. The summed E-state index contributed by atoms with van der Waals surface area (Å²) in [6.45, 7) is 3.34. The van der Waals surface area contributed by atoms with Gasteiger partial charge in [0.1, 0.15) is 29.3 Å². The number of aryl methyl sites for hydroxylation is 1. The van der Waals surface area contributed by atoms with Gasteiger partial charge in [0.15, 0.2) is 5.69 Å². The van der Waals surface area contributed by atoms with Crippen molar-refractivity contribution in [1.29, 1.82) is 0 Å². The first-order chi connectivity index (χ1) is 15.5. The summed E-state index contributed by atoms with van der Waals surface area (Å²) in [5.74, 6) is -2.78. The Bertz CT molecular complexity index is 1140. The summed E-state index contributed by atoms with van der Waals surface area (Å²) >= 11 is 0. The van der Waals surface area contributed by atoms with E-state index in [4.69, 9.17) is 14.9 Å². The van der Waals surface area contributed by atoms with Crippen LogP contribution < -0.4 is 15.8 Å². The molecular formula is C22H20F5N3O3. The molecule has 2 aromatic carbocycles. The fourth-order valence-corrected chi connectivity index (χ4v) is 3.01. The minimum absolute atomic E-state index is 0.0957. The van der Waals surface area contributed by atoms with Crippen molar-refractivity contribution in [2.75, 3.05) is 5.73 Å². The van der Waals surface area contributed by atoms with E-state index >= 15 is 0 Å². The van der Waals surface area contributed by atoms with Gasteiger partial charge in [0.05, 0.1) is 11.6 Å². The third-order valence-corrected chi connectivity index (χ3v) is 4.78. The zero-order valence-corrected chi connectivity index (χ0v) is 17.6. The minimum Gasteiger partial charge on any atom is -0.416 e. The molecule has 0 aliphatic rings. The van der Waals surface area contributed by atoms with Crippen LogP contribution >= 0.6 is 0 Å². The van der Waals surface area contributed by atoms with Crippen molar-refractivity contribution in [3.63, 3.8) is 0 Å². The van der Waals surface area contributed by atoms with Gasteiger partial charge in [-0.1, -0.05) is 19.4 Å². The number of carbonyl (C=O) groups excluding carboxylic acids is 1. The second-order valence-corrected chi connectivity index (χ2v) is 7.26. The zero-order chi connectivity index (χ0) is 24.3. The molecule has 1 amide bonds. The lowest BCUT2D eigenvalue weighted by atomic mass is 10.1. The molecule has 0 aliphatic carbocycles. The molecule has 0 fully saturated rings. The van der Waals surface area contributed by atoms with Crippen LogP contribution in [0.25, 0.3) is 0 Å². The Labute approximate surface area is 185 Å². The summed E-state index contributed by atoms with van der Waals surface area (Å²) < 4.78 is 77.0. The van der Waals surface area contributed by atoms with Crippen molar-refractivity contribution in [2.45, 2.75) is 38.9 Å². The zero-order valence-electron chi connectivity index (χ0n) is 17.6. The predicted molar refractivity (Wildman–Crippen MR) is 109 cm³/mol. The molecule has 0 bridgehead atoms. The molecule has 3 rings (SSSR count). The lowest BCUT2D eigenvalue weighted by Gasteiger charge is -2.14. The van der Waals surface area contributed by atoms with E-state index in [0.29, 0.717) is 18.4 Å². The van der Waals surface area contributed by atoms with Crippen LogP contribution in [0.15, 0.2) is 41.0 Å². The van der Waals surface area contributed by atoms with Gasteiger partial charge in [-0.25, -0.2) is 8.78 Å². The highest BCUT2D eigenvalue weighted by Gasteiger charge is 2.31. The molecule has 11 heteroatoms. The Kier molecular flexibility index (Phi) is 6.89. The number of alkyl halides is 3. The molecule has 33 heavy (non-hydrogen) atoms. The first-order valence-electron chi connectivity index (χ1n) is 9.88. The van der Waals surface area contributed by atoms with Gasteiger partial charge in [0, 0.05) is 0 Å². The van der Waals surface area contributed by atoms with Crippen LogP contribution in [0, 0.1) is 11.6 Å². The Balaban J connectivity index is 1.76. The summed E-state index contributed by atoms with van der Waals surface area (Å²) in [4.78, 5) is 16.3. The van der Waals surface area contributed by atoms with Crippen LogP contribution in [0.4, 0.5) is 27.6 Å². The summed E-state index contributed by atoms with van der Waals surface area (Å²) in [6.07, 6.45) is -2.94. The van der Waals surface area contributed by atoms with E-state index in [-0.39, 0.29) is 17.0 Å². The highest BCUT2D eigenvalue weighted by molar-refractivity contribution is 5.92. The summed E-state index contributed by atoms with van der Waals surface area (Å²) in [6, 6.07) is 4.26. The molecule has 176 valence electrons. The van der Waals surface area contributed by atoms with E-state index in [1.165, 1.54) is 13.0 Å². The van der Waals surface area contributed by atoms with Crippen molar-refractivity contribution in [3.8, 4) is 11.8 Å². The topological polar surface area (TPSA) is 90.4 Å². The monoisotopic (exact) mass is 469 g/mol. The van der Waals surface area contributed by atoms with Gasteiger partial charge in [-0.2, -0.15) is 18.2 Å². The van der Waals surface area contributed by atoms with Crippen LogP contribution in [0.1, 0.15) is 53.5 Å². The number of oxazole rings is 1. The fourth-order valence-electron chi connectivity index (χ4n) is 3.01. The van der Waals surface area contributed by atoms with Gasteiger partial charge in [-0.05, 0) is 48.7 Å². The standard InChI is InChI=1S/C22H20F5N3O3/c1-3-4-12-5-6-14(22(25,26)27)9-18(12)33-21-30-17(10-32-21)20(31)29-11(2)13-7-15(23)19(28)16(24)8-13/h5-11H,3-4,28H2,1-2H3,(H,29,31)/t11-/m1/s1. The summed E-state index contributed by atoms with van der Waals surface area (Å²) in [5, 5.41) is 2.48. The maximum Gasteiger partial charge on any atom is 0.416 e. The Morgan fingerprint density at radius 1 is 1.21 bits per heavy atom. The van der Waals surface area contributed by atoms with E-state index in [1.54, 1.807) is 0 Å². The van der Waals surface area contributed by atoms with Crippen molar-refractivity contribution < 1.29 is 35.9 Å². The van der Waals surface area contributed by atoms with Crippen molar-refractivity contribution >= 4 is 11.6 Å². The highest BCUT2D eigenvalue weighted by atomic mass is 19.4. The average Bonchev–Trinajstić information content (AvgIpc) is 3.21. The molecular weight excluding hydrogens is 449 g/mol. The van der Waals surface area contributed by atoms with Gasteiger partial charge in [-0.3, -0.25) is 4.79 Å². The van der Waals surface area contributed by atoms with Crippen molar-refractivity contribution in [1.82, 2.24) is 10.3 Å². The Morgan fingerprint density at radius 2 is 1.88 bits per heavy atom. The van der Waals surface area contributed by atoms with Crippen LogP contribution in [-0.4, -0.2) is 10.9 Å². The van der Waals surface area contributed by atoms with E-state index < -0.39 is 47.1 Å². The summed E-state index contributed by atoms with van der Waals surface area (Å²) in [5.41, 5.74) is 4.10. The molecule has 0 radical (unpaired) electrons. The molecule has 3 aromatic rings. The maximum atomic E-state index is 13.7. The number of carbonyl (C=O) groups is 1. The fraction of sp³-hybridized carbons (Fsp3) is 0.273. The van der Waals surface area contributed by atoms with Crippen molar-refractivity contribution in [3.05, 3.63) is 70.6 Å². The molecule has 1 heterocycles. The number of nitrogens with one attached hydrogen (secondary N) is 1. The quantitative estimate of drug-likeness (QED) is 0.338. The third-order valence-electron chi connectivity index (χ3n) is 4.78. The maximum absolute atomic E-state index is 13.7. The molecule has 0 saturated carbocycles. The number of nitrogen functional groups attached to an aromatic ring is 1. The number of halogens is 5. The van der Waals surface area contributed by atoms with Crippen LogP contribution in [0.2, 0.25) is 0 Å². The second kappa shape index (κ2) is 9.47. The highest BCUT2D eigenvalue weighted by Crippen LogP contribution is 2.35. The number of benzene rings is 2. The SMILES string of the molecule is CCCc1ccc(C(F)(F)F)cc1Oc1nc(C(=O)N[C@H](C)c2cc(F)c(N)c(F)c2)co1. The van der Waals surface area contributed by atoms with Crippen LogP contribution in [-0.2, 0) is 12.6 Å². The predicted octanol–water partition coefficient (Wildman–Crippen LogP) is 5.79. The molecule has 1 aromatic heterocycles. The normalized spacial score (nSPS) is 12.5. The van der Waals surface area contributed by atoms with Crippen LogP contribution in [0.3, 0.4) is 0 Å². The molecule has 0 aliphatic heterocycles. The minimum atomic E-state index is -4.57. The first kappa shape index (κ1) is 24.0. The van der Waals surface area contributed by atoms with Crippen LogP contribution in [0.5, 0.6) is 11.8 Å².